The Labute approximate surface area is 115 Å². The van der Waals surface area contributed by atoms with Gasteiger partial charge < -0.3 is 15.1 Å². The number of aliphatic hydroxyl groups is 2. The lowest BCUT2D eigenvalue weighted by molar-refractivity contribution is -0.132. The molecule has 1 amide bonds. The van der Waals surface area contributed by atoms with Crippen LogP contribution in [0.25, 0.3) is 0 Å². The molecule has 0 aliphatic heterocycles. The Balaban J connectivity index is 2.23. The van der Waals surface area contributed by atoms with E-state index < -0.39 is 0 Å². The number of rotatable bonds is 9. The summed E-state index contributed by atoms with van der Waals surface area (Å²) in [5.74, 6) is 0.686. The summed E-state index contributed by atoms with van der Waals surface area (Å²) >= 11 is 1.49. The number of hydrogen-bond donors (Lipinski definition) is 2. The molecule has 1 heterocycles. The second-order valence-corrected chi connectivity index (χ2v) is 4.93. The summed E-state index contributed by atoms with van der Waals surface area (Å²) in [6.45, 7) is 0.343. The fourth-order valence-corrected chi connectivity index (χ4v) is 2.28. The minimum atomic E-state index is -0.0922. The van der Waals surface area contributed by atoms with Crippen LogP contribution in [0.15, 0.2) is 5.16 Å². The average Bonchev–Trinajstić information content (AvgIpc) is 2.80. The van der Waals surface area contributed by atoms with Crippen LogP contribution in [0.5, 0.6) is 0 Å². The lowest BCUT2D eigenvalue weighted by Gasteiger charge is -2.20. The number of hydrogen-bond acceptors (Lipinski definition) is 7. The molecular formula is C10H19N5O3S. The van der Waals surface area contributed by atoms with Gasteiger partial charge in [-0.2, -0.15) is 0 Å². The molecule has 9 heteroatoms. The molecule has 0 aromatic carbocycles. The molecule has 1 aromatic rings. The van der Waals surface area contributed by atoms with E-state index in [-0.39, 0.29) is 32.2 Å². The SMILES string of the molecule is Cn1nnnc1SCCCC(=O)N(CCO)CCO. The Kier molecular flexibility index (Phi) is 7.38. The highest BCUT2D eigenvalue weighted by Gasteiger charge is 2.12. The molecule has 0 aliphatic rings. The van der Waals surface area contributed by atoms with Crippen LogP contribution >= 0.6 is 11.8 Å². The number of aryl methyl sites for hydroxylation is 1. The van der Waals surface area contributed by atoms with E-state index in [2.05, 4.69) is 15.5 Å². The third-order valence-corrected chi connectivity index (χ3v) is 3.54. The van der Waals surface area contributed by atoms with E-state index >= 15 is 0 Å². The van der Waals surface area contributed by atoms with Crippen LogP contribution in [0.4, 0.5) is 0 Å². The highest BCUT2D eigenvalue weighted by Crippen LogP contribution is 2.14. The summed E-state index contributed by atoms with van der Waals surface area (Å²) in [7, 11) is 1.76. The van der Waals surface area contributed by atoms with Crippen LogP contribution in [0.3, 0.4) is 0 Å². The fourth-order valence-electron chi connectivity index (χ4n) is 1.49. The maximum Gasteiger partial charge on any atom is 0.222 e. The molecule has 0 unspecified atom stereocenters. The van der Waals surface area contributed by atoms with E-state index in [0.29, 0.717) is 12.8 Å². The predicted octanol–water partition coefficient (Wildman–Crippen LogP) is -1.10. The van der Waals surface area contributed by atoms with E-state index in [1.54, 1.807) is 11.7 Å². The van der Waals surface area contributed by atoms with Crippen LogP contribution in [0.2, 0.25) is 0 Å². The Morgan fingerprint density at radius 3 is 2.58 bits per heavy atom. The molecule has 19 heavy (non-hydrogen) atoms. The quantitative estimate of drug-likeness (QED) is 0.439. The molecule has 0 bridgehead atoms. The first kappa shape index (κ1) is 15.9. The molecule has 0 saturated heterocycles. The van der Waals surface area contributed by atoms with Gasteiger partial charge in [0, 0.05) is 32.3 Å². The van der Waals surface area contributed by atoms with Crippen molar-refractivity contribution < 1.29 is 15.0 Å². The van der Waals surface area contributed by atoms with Crippen LogP contribution in [0.1, 0.15) is 12.8 Å². The molecule has 0 saturated carbocycles. The average molecular weight is 289 g/mol. The van der Waals surface area contributed by atoms with Crippen molar-refractivity contribution in [2.75, 3.05) is 32.1 Å². The van der Waals surface area contributed by atoms with E-state index in [4.69, 9.17) is 10.2 Å². The van der Waals surface area contributed by atoms with Crippen molar-refractivity contribution in [1.29, 1.82) is 0 Å². The number of amides is 1. The molecule has 0 radical (unpaired) electrons. The predicted molar refractivity (Wildman–Crippen MR) is 69.5 cm³/mol. The van der Waals surface area contributed by atoms with Gasteiger partial charge in [-0.25, -0.2) is 4.68 Å². The summed E-state index contributed by atoms with van der Waals surface area (Å²) in [6.07, 6.45) is 1.09. The molecule has 8 nitrogen and oxygen atoms in total. The standard InChI is InChI=1S/C10H19N5O3S/c1-14-10(11-12-13-14)19-8-2-3-9(18)15(4-6-16)5-7-17/h16-17H,2-8H2,1H3. The van der Waals surface area contributed by atoms with E-state index in [9.17, 15) is 4.79 Å². The molecule has 0 spiro atoms. The lowest BCUT2D eigenvalue weighted by Crippen LogP contribution is -2.35. The third kappa shape index (κ3) is 5.53. The maximum atomic E-state index is 11.8. The first-order valence-electron chi connectivity index (χ1n) is 6.03. The van der Waals surface area contributed by atoms with Crippen molar-refractivity contribution in [3.63, 3.8) is 0 Å². The number of tetrazole rings is 1. The van der Waals surface area contributed by atoms with Crippen molar-refractivity contribution in [2.24, 2.45) is 7.05 Å². The summed E-state index contributed by atoms with van der Waals surface area (Å²) in [5.41, 5.74) is 0. The van der Waals surface area contributed by atoms with Crippen molar-refractivity contribution >= 4 is 17.7 Å². The van der Waals surface area contributed by atoms with Gasteiger partial charge in [0.05, 0.1) is 13.2 Å². The second kappa shape index (κ2) is 8.83. The van der Waals surface area contributed by atoms with Crippen LogP contribution < -0.4 is 0 Å². The highest BCUT2D eigenvalue weighted by molar-refractivity contribution is 7.99. The molecule has 2 N–H and O–H groups in total. The molecule has 108 valence electrons. The monoisotopic (exact) mass is 289 g/mol. The van der Waals surface area contributed by atoms with Crippen LogP contribution in [-0.2, 0) is 11.8 Å². The number of aromatic nitrogens is 4. The zero-order valence-electron chi connectivity index (χ0n) is 10.9. The molecule has 1 rings (SSSR count). The number of nitrogens with zero attached hydrogens (tertiary/aromatic N) is 5. The van der Waals surface area contributed by atoms with Crippen molar-refractivity contribution in [2.45, 2.75) is 18.0 Å². The lowest BCUT2D eigenvalue weighted by atomic mass is 10.3. The zero-order chi connectivity index (χ0) is 14.1. The van der Waals surface area contributed by atoms with E-state index in [1.807, 2.05) is 0 Å². The topological polar surface area (TPSA) is 104 Å². The van der Waals surface area contributed by atoms with E-state index in [1.165, 1.54) is 16.7 Å². The minimum absolute atomic E-state index is 0.0557. The summed E-state index contributed by atoms with van der Waals surface area (Å²) in [6, 6.07) is 0. The van der Waals surface area contributed by atoms with Gasteiger partial charge in [0.25, 0.3) is 0 Å². The smallest absolute Gasteiger partial charge is 0.222 e. The maximum absolute atomic E-state index is 11.8. The molecule has 0 aliphatic carbocycles. The van der Waals surface area contributed by atoms with Gasteiger partial charge in [0.1, 0.15) is 0 Å². The molecular weight excluding hydrogens is 270 g/mol. The summed E-state index contributed by atoms with van der Waals surface area (Å²) in [4.78, 5) is 13.3. The van der Waals surface area contributed by atoms with Gasteiger partial charge in [-0.3, -0.25) is 4.79 Å². The van der Waals surface area contributed by atoms with Crippen molar-refractivity contribution in [3.05, 3.63) is 0 Å². The molecule has 0 fully saturated rings. The number of thioether (sulfide) groups is 1. The molecule has 0 atom stereocenters. The third-order valence-electron chi connectivity index (χ3n) is 2.44. The Morgan fingerprint density at radius 2 is 2.05 bits per heavy atom. The summed E-state index contributed by atoms with van der Waals surface area (Å²) in [5, 5.41) is 29.5. The Morgan fingerprint density at radius 1 is 1.37 bits per heavy atom. The first-order valence-corrected chi connectivity index (χ1v) is 7.02. The highest BCUT2D eigenvalue weighted by atomic mass is 32.2. The number of carbonyl (C=O) groups is 1. The normalized spacial score (nSPS) is 10.7. The zero-order valence-corrected chi connectivity index (χ0v) is 11.7. The Hall–Kier alpha value is -1.19. The number of carbonyl (C=O) groups excluding carboxylic acids is 1. The molecule has 1 aromatic heterocycles. The van der Waals surface area contributed by atoms with Crippen LogP contribution in [0, 0.1) is 0 Å². The second-order valence-electron chi connectivity index (χ2n) is 3.87. The van der Waals surface area contributed by atoms with Gasteiger partial charge in [0.2, 0.25) is 11.1 Å². The fraction of sp³-hybridized carbons (Fsp3) is 0.800. The van der Waals surface area contributed by atoms with Gasteiger partial charge in [-0.15, -0.1) is 5.10 Å². The Bertz CT molecular complexity index is 381. The minimum Gasteiger partial charge on any atom is -0.395 e. The largest absolute Gasteiger partial charge is 0.395 e. The van der Waals surface area contributed by atoms with Gasteiger partial charge in [0.15, 0.2) is 0 Å². The number of aliphatic hydroxyl groups excluding tert-OH is 2. The van der Waals surface area contributed by atoms with Gasteiger partial charge in [-0.1, -0.05) is 11.8 Å². The van der Waals surface area contributed by atoms with Crippen molar-refractivity contribution in [1.82, 2.24) is 25.1 Å². The summed E-state index contributed by atoms with van der Waals surface area (Å²) < 4.78 is 1.58. The first-order chi connectivity index (χ1) is 9.19. The van der Waals surface area contributed by atoms with Crippen molar-refractivity contribution in [3.8, 4) is 0 Å². The van der Waals surface area contributed by atoms with E-state index in [0.717, 1.165) is 10.9 Å². The van der Waals surface area contributed by atoms with Crippen LogP contribution in [-0.4, -0.2) is 73.3 Å². The van der Waals surface area contributed by atoms with Gasteiger partial charge >= 0.3 is 0 Å². The van der Waals surface area contributed by atoms with Gasteiger partial charge in [-0.05, 0) is 16.8 Å².